The Morgan fingerprint density at radius 2 is 1.82 bits per heavy atom. The average Bonchev–Trinajstić information content (AvgIpc) is 3.14. The van der Waals surface area contributed by atoms with Gasteiger partial charge in [-0.3, -0.25) is 9.48 Å². The predicted molar refractivity (Wildman–Crippen MR) is 111 cm³/mol. The van der Waals surface area contributed by atoms with Crippen molar-refractivity contribution in [1.82, 2.24) is 14.7 Å². The van der Waals surface area contributed by atoms with Crippen molar-refractivity contribution in [2.75, 3.05) is 38.2 Å². The van der Waals surface area contributed by atoms with E-state index >= 15 is 0 Å². The third-order valence-electron chi connectivity index (χ3n) is 5.40. The van der Waals surface area contributed by atoms with Crippen LogP contribution in [0.15, 0.2) is 48.7 Å². The van der Waals surface area contributed by atoms with E-state index in [1.165, 1.54) is 11.3 Å². The highest BCUT2D eigenvalue weighted by Gasteiger charge is 2.21. The van der Waals surface area contributed by atoms with Gasteiger partial charge in [-0.1, -0.05) is 11.6 Å². The summed E-state index contributed by atoms with van der Waals surface area (Å²) in [5, 5.41) is 5.57. The molecule has 6 heteroatoms. The maximum Gasteiger partial charge on any atom is 0.224 e. The summed E-state index contributed by atoms with van der Waals surface area (Å²) in [6, 6.07) is 14.4. The Morgan fingerprint density at radius 3 is 2.54 bits per heavy atom. The summed E-state index contributed by atoms with van der Waals surface area (Å²) < 4.78 is 7.15. The van der Waals surface area contributed by atoms with E-state index in [4.69, 9.17) is 4.74 Å². The van der Waals surface area contributed by atoms with E-state index in [1.807, 2.05) is 27.9 Å². The van der Waals surface area contributed by atoms with Crippen LogP contribution in [0.5, 0.6) is 5.75 Å². The van der Waals surface area contributed by atoms with Gasteiger partial charge in [-0.2, -0.15) is 5.10 Å². The lowest BCUT2D eigenvalue weighted by Crippen LogP contribution is -2.49. The van der Waals surface area contributed by atoms with Gasteiger partial charge in [-0.05, 0) is 43.3 Å². The van der Waals surface area contributed by atoms with E-state index in [1.54, 1.807) is 7.11 Å². The molecule has 1 fully saturated rings. The molecule has 1 saturated heterocycles. The fraction of sp³-hybridized carbons (Fsp3) is 0.364. The van der Waals surface area contributed by atoms with Crippen LogP contribution in [0.1, 0.15) is 12.0 Å². The van der Waals surface area contributed by atoms with Crippen molar-refractivity contribution in [3.63, 3.8) is 0 Å². The smallest absolute Gasteiger partial charge is 0.224 e. The number of hydrogen-bond donors (Lipinski definition) is 0. The Hall–Kier alpha value is -3.02. The van der Waals surface area contributed by atoms with Crippen LogP contribution in [0.25, 0.3) is 10.9 Å². The summed E-state index contributed by atoms with van der Waals surface area (Å²) in [4.78, 5) is 16.9. The summed E-state index contributed by atoms with van der Waals surface area (Å²) in [6.45, 7) is 5.90. The Labute approximate surface area is 165 Å². The zero-order valence-corrected chi connectivity index (χ0v) is 16.5. The molecule has 4 rings (SSSR count). The number of rotatable bonds is 5. The lowest BCUT2D eigenvalue weighted by Gasteiger charge is -2.36. The lowest BCUT2D eigenvalue weighted by molar-refractivity contribution is -0.131. The molecular formula is C22H26N4O2. The van der Waals surface area contributed by atoms with Crippen LogP contribution in [-0.2, 0) is 11.3 Å². The second kappa shape index (κ2) is 7.92. The van der Waals surface area contributed by atoms with Crippen molar-refractivity contribution >= 4 is 22.5 Å². The normalized spacial score (nSPS) is 14.5. The zero-order chi connectivity index (χ0) is 19.5. The highest BCUT2D eigenvalue weighted by Crippen LogP contribution is 2.21. The number of ether oxygens (including phenoxy) is 1. The van der Waals surface area contributed by atoms with Gasteiger partial charge in [0.2, 0.25) is 5.91 Å². The number of benzene rings is 2. The average molecular weight is 378 g/mol. The van der Waals surface area contributed by atoms with Crippen molar-refractivity contribution in [3.05, 3.63) is 54.2 Å². The van der Waals surface area contributed by atoms with E-state index in [0.717, 1.165) is 42.8 Å². The molecule has 2 heterocycles. The van der Waals surface area contributed by atoms with Gasteiger partial charge in [0.05, 0.1) is 25.4 Å². The van der Waals surface area contributed by atoms with E-state index in [2.05, 4.69) is 47.3 Å². The minimum atomic E-state index is 0.199. The molecule has 1 aliphatic rings. The van der Waals surface area contributed by atoms with Gasteiger partial charge in [0.15, 0.2) is 0 Å². The number of nitrogens with zero attached hydrogens (tertiary/aromatic N) is 4. The minimum absolute atomic E-state index is 0.199. The molecule has 0 N–H and O–H groups in total. The first-order valence-corrected chi connectivity index (χ1v) is 9.73. The van der Waals surface area contributed by atoms with Crippen LogP contribution in [0.3, 0.4) is 0 Å². The Balaban J connectivity index is 1.31. The number of anilines is 1. The molecule has 0 radical (unpaired) electrons. The van der Waals surface area contributed by atoms with Gasteiger partial charge in [0.25, 0.3) is 0 Å². The van der Waals surface area contributed by atoms with Crippen LogP contribution >= 0.6 is 0 Å². The quantitative estimate of drug-likeness (QED) is 0.685. The number of piperazine rings is 1. The van der Waals surface area contributed by atoms with Crippen molar-refractivity contribution in [2.45, 2.75) is 19.9 Å². The molecule has 0 spiro atoms. The predicted octanol–water partition coefficient (Wildman–Crippen LogP) is 3.09. The third kappa shape index (κ3) is 3.81. The summed E-state index contributed by atoms with van der Waals surface area (Å²) in [6.07, 6.45) is 2.35. The van der Waals surface area contributed by atoms with Crippen molar-refractivity contribution < 1.29 is 9.53 Å². The van der Waals surface area contributed by atoms with E-state index in [-0.39, 0.29) is 5.91 Å². The number of amides is 1. The first-order chi connectivity index (χ1) is 13.6. The molecule has 3 aromatic rings. The molecule has 146 valence electrons. The van der Waals surface area contributed by atoms with Crippen LogP contribution in [0.4, 0.5) is 5.69 Å². The Morgan fingerprint density at radius 1 is 1.07 bits per heavy atom. The molecule has 1 amide bonds. The van der Waals surface area contributed by atoms with Gasteiger partial charge in [0.1, 0.15) is 5.75 Å². The molecule has 6 nitrogen and oxygen atoms in total. The molecule has 0 bridgehead atoms. The molecular weight excluding hydrogens is 352 g/mol. The fourth-order valence-electron chi connectivity index (χ4n) is 3.75. The number of aromatic nitrogens is 2. The van der Waals surface area contributed by atoms with Crippen LogP contribution < -0.4 is 9.64 Å². The molecule has 1 aliphatic heterocycles. The summed E-state index contributed by atoms with van der Waals surface area (Å²) >= 11 is 0. The molecule has 0 aliphatic carbocycles. The fourth-order valence-corrected chi connectivity index (χ4v) is 3.75. The standard InChI is InChI=1S/C22H26N4O2/c1-17-3-8-21-18(15-17)16-23-26(21)10-9-22(27)25-13-11-24(12-14-25)19-4-6-20(28-2)7-5-19/h3-8,15-16H,9-14H2,1-2H3. The van der Waals surface area contributed by atoms with Gasteiger partial charge in [-0.15, -0.1) is 0 Å². The second-order valence-electron chi connectivity index (χ2n) is 7.25. The SMILES string of the molecule is COc1ccc(N2CCN(C(=O)CCn3ncc4cc(C)ccc43)CC2)cc1. The third-order valence-corrected chi connectivity index (χ3v) is 5.40. The van der Waals surface area contributed by atoms with Crippen LogP contribution in [0, 0.1) is 6.92 Å². The summed E-state index contributed by atoms with van der Waals surface area (Å²) in [5.41, 5.74) is 3.48. The molecule has 2 aromatic carbocycles. The highest BCUT2D eigenvalue weighted by molar-refractivity contribution is 5.80. The van der Waals surface area contributed by atoms with Crippen LogP contribution in [0.2, 0.25) is 0 Å². The van der Waals surface area contributed by atoms with Crippen molar-refractivity contribution in [3.8, 4) is 5.75 Å². The van der Waals surface area contributed by atoms with Crippen LogP contribution in [-0.4, -0.2) is 53.9 Å². The van der Waals surface area contributed by atoms with E-state index in [9.17, 15) is 4.79 Å². The zero-order valence-electron chi connectivity index (χ0n) is 16.5. The lowest BCUT2D eigenvalue weighted by atomic mass is 10.2. The second-order valence-corrected chi connectivity index (χ2v) is 7.25. The highest BCUT2D eigenvalue weighted by atomic mass is 16.5. The molecule has 0 atom stereocenters. The summed E-state index contributed by atoms with van der Waals surface area (Å²) in [5.74, 6) is 1.06. The number of hydrogen-bond acceptors (Lipinski definition) is 4. The largest absolute Gasteiger partial charge is 0.497 e. The van der Waals surface area contributed by atoms with Crippen molar-refractivity contribution in [2.24, 2.45) is 0 Å². The number of fused-ring (bicyclic) bond motifs is 1. The number of carbonyl (C=O) groups is 1. The van der Waals surface area contributed by atoms with Gasteiger partial charge >= 0.3 is 0 Å². The van der Waals surface area contributed by atoms with Crippen molar-refractivity contribution in [1.29, 1.82) is 0 Å². The molecule has 0 saturated carbocycles. The summed E-state index contributed by atoms with van der Waals surface area (Å²) in [7, 11) is 1.67. The minimum Gasteiger partial charge on any atom is -0.497 e. The molecule has 1 aromatic heterocycles. The number of methoxy groups -OCH3 is 1. The van der Waals surface area contributed by atoms with Gasteiger partial charge in [-0.25, -0.2) is 0 Å². The van der Waals surface area contributed by atoms with E-state index < -0.39 is 0 Å². The van der Waals surface area contributed by atoms with E-state index in [0.29, 0.717) is 13.0 Å². The Bertz CT molecular complexity index is 956. The number of aryl methyl sites for hydroxylation is 2. The molecule has 0 unspecified atom stereocenters. The maximum atomic E-state index is 12.7. The molecule has 28 heavy (non-hydrogen) atoms. The van der Waals surface area contributed by atoms with Gasteiger partial charge in [0, 0.05) is 43.7 Å². The topological polar surface area (TPSA) is 50.6 Å². The number of carbonyl (C=O) groups excluding carboxylic acids is 1. The first-order valence-electron chi connectivity index (χ1n) is 9.73. The monoisotopic (exact) mass is 378 g/mol. The first kappa shape index (κ1) is 18.3. The Kier molecular flexibility index (Phi) is 5.19. The van der Waals surface area contributed by atoms with Gasteiger partial charge < -0.3 is 14.5 Å². The maximum absolute atomic E-state index is 12.7.